The second-order valence-electron chi connectivity index (χ2n) is 5.09. The number of nitrogens with zero attached hydrogens (tertiary/aromatic N) is 1. The van der Waals surface area contributed by atoms with Crippen molar-refractivity contribution < 1.29 is 9.53 Å². The molecule has 1 aromatic rings. The van der Waals surface area contributed by atoms with Crippen molar-refractivity contribution in [1.29, 1.82) is 0 Å². The van der Waals surface area contributed by atoms with E-state index >= 15 is 0 Å². The van der Waals surface area contributed by atoms with E-state index in [2.05, 4.69) is 19.2 Å². The van der Waals surface area contributed by atoms with Gasteiger partial charge in [0.15, 0.2) is 0 Å². The number of amides is 1. The molecule has 4 nitrogen and oxygen atoms in total. The first-order valence-electron chi connectivity index (χ1n) is 6.99. The van der Waals surface area contributed by atoms with Crippen molar-refractivity contribution in [2.75, 3.05) is 29.9 Å². The minimum atomic E-state index is -0.253. The highest BCUT2D eigenvalue weighted by Crippen LogP contribution is 2.22. The lowest BCUT2D eigenvalue weighted by Crippen LogP contribution is -2.23. The highest BCUT2D eigenvalue weighted by molar-refractivity contribution is 5.89. The van der Waals surface area contributed by atoms with Crippen LogP contribution >= 0.6 is 0 Å². The maximum atomic E-state index is 11.5. The Morgan fingerprint density at radius 2 is 2.32 bits per heavy atom. The molecule has 1 atom stereocenters. The number of nitrogens with one attached hydrogen (secondary N) is 1. The summed E-state index contributed by atoms with van der Waals surface area (Å²) in [5.74, 6) is 0.658. The number of rotatable bonds is 6. The van der Waals surface area contributed by atoms with Crippen LogP contribution in [0.25, 0.3) is 0 Å². The van der Waals surface area contributed by atoms with Crippen molar-refractivity contribution in [3.05, 3.63) is 24.3 Å². The van der Waals surface area contributed by atoms with Gasteiger partial charge in [-0.15, -0.1) is 0 Å². The minimum absolute atomic E-state index is 0.253. The van der Waals surface area contributed by atoms with Crippen LogP contribution in [0, 0.1) is 5.92 Å². The fraction of sp³-hybridized carbons (Fsp3) is 0.533. The van der Waals surface area contributed by atoms with Crippen LogP contribution < -0.4 is 10.2 Å². The molecule has 1 fully saturated rings. The third-order valence-corrected chi connectivity index (χ3v) is 3.35. The van der Waals surface area contributed by atoms with Crippen LogP contribution in [0.1, 0.15) is 26.7 Å². The molecular weight excluding hydrogens is 240 g/mol. The highest BCUT2D eigenvalue weighted by Gasteiger charge is 2.23. The van der Waals surface area contributed by atoms with Crippen LogP contribution in [0.5, 0.6) is 0 Å². The second-order valence-corrected chi connectivity index (χ2v) is 5.09. The lowest BCUT2D eigenvalue weighted by atomic mass is 10.1. The van der Waals surface area contributed by atoms with E-state index in [0.29, 0.717) is 19.1 Å². The molecule has 0 bridgehead atoms. The number of ether oxygens (including phenoxy) is 1. The van der Waals surface area contributed by atoms with Crippen molar-refractivity contribution in [3.8, 4) is 0 Å². The number of benzene rings is 1. The van der Waals surface area contributed by atoms with Crippen molar-refractivity contribution in [3.63, 3.8) is 0 Å². The third kappa shape index (κ3) is 3.63. The largest absolute Gasteiger partial charge is 0.447 e. The number of hydrogen-bond acceptors (Lipinski definition) is 3. The summed E-state index contributed by atoms with van der Waals surface area (Å²) in [5, 5.41) is 3.43. The monoisotopic (exact) mass is 262 g/mol. The summed E-state index contributed by atoms with van der Waals surface area (Å²) in [5.41, 5.74) is 1.95. The van der Waals surface area contributed by atoms with Crippen molar-refractivity contribution in [1.82, 2.24) is 0 Å². The Morgan fingerprint density at radius 1 is 1.47 bits per heavy atom. The molecule has 1 unspecified atom stereocenters. The Kier molecular flexibility index (Phi) is 4.66. The Morgan fingerprint density at radius 3 is 3.00 bits per heavy atom. The molecule has 4 heteroatoms. The van der Waals surface area contributed by atoms with Gasteiger partial charge in [0, 0.05) is 17.9 Å². The molecule has 1 amide bonds. The van der Waals surface area contributed by atoms with Crippen molar-refractivity contribution in [2.45, 2.75) is 26.7 Å². The van der Waals surface area contributed by atoms with Crippen LogP contribution in [0.2, 0.25) is 0 Å². The van der Waals surface area contributed by atoms with Gasteiger partial charge in [-0.3, -0.25) is 4.90 Å². The summed E-state index contributed by atoms with van der Waals surface area (Å²) >= 11 is 0. The van der Waals surface area contributed by atoms with E-state index in [1.54, 1.807) is 4.90 Å². The van der Waals surface area contributed by atoms with Gasteiger partial charge in [-0.25, -0.2) is 4.79 Å². The summed E-state index contributed by atoms with van der Waals surface area (Å²) < 4.78 is 4.96. The molecule has 1 saturated heterocycles. The van der Waals surface area contributed by atoms with Gasteiger partial charge in [-0.1, -0.05) is 26.3 Å². The number of hydrogen-bond donors (Lipinski definition) is 1. The van der Waals surface area contributed by atoms with Gasteiger partial charge in [0.2, 0.25) is 0 Å². The molecule has 1 aromatic carbocycles. The Labute approximate surface area is 114 Å². The SMILES string of the molecule is CCCC(C)CNc1cccc(N2CCOC2=O)c1. The van der Waals surface area contributed by atoms with Gasteiger partial charge in [0.05, 0.1) is 6.54 Å². The maximum absolute atomic E-state index is 11.5. The van der Waals surface area contributed by atoms with Crippen molar-refractivity contribution >= 4 is 17.5 Å². The normalized spacial score (nSPS) is 16.3. The van der Waals surface area contributed by atoms with Crippen LogP contribution in [-0.2, 0) is 4.74 Å². The standard InChI is InChI=1S/C15H22N2O2/c1-3-5-12(2)11-16-13-6-4-7-14(10-13)17-8-9-19-15(17)18/h4,6-7,10,12,16H,3,5,8-9,11H2,1-2H3. The molecule has 0 aromatic heterocycles. The average molecular weight is 262 g/mol. The molecule has 1 heterocycles. The predicted octanol–water partition coefficient (Wildman–Crippen LogP) is 3.49. The summed E-state index contributed by atoms with van der Waals surface area (Å²) in [4.78, 5) is 13.2. The Bertz CT molecular complexity index is 434. The number of cyclic esters (lactones) is 1. The molecule has 0 spiro atoms. The van der Waals surface area contributed by atoms with Crippen LogP contribution in [0.4, 0.5) is 16.2 Å². The zero-order valence-electron chi connectivity index (χ0n) is 11.7. The van der Waals surface area contributed by atoms with E-state index in [0.717, 1.165) is 17.9 Å². The van der Waals surface area contributed by atoms with Gasteiger partial charge < -0.3 is 10.1 Å². The summed E-state index contributed by atoms with van der Waals surface area (Å²) in [6.45, 7) is 6.52. The molecule has 2 rings (SSSR count). The van der Waals surface area contributed by atoms with E-state index in [4.69, 9.17) is 4.74 Å². The lowest BCUT2D eigenvalue weighted by Gasteiger charge is -2.16. The molecule has 1 N–H and O–H groups in total. The first-order chi connectivity index (χ1) is 9.20. The predicted molar refractivity (Wildman–Crippen MR) is 77.7 cm³/mol. The van der Waals surface area contributed by atoms with E-state index in [1.807, 2.05) is 24.3 Å². The quantitative estimate of drug-likeness (QED) is 0.853. The van der Waals surface area contributed by atoms with Gasteiger partial charge >= 0.3 is 6.09 Å². The average Bonchev–Trinajstić information content (AvgIpc) is 2.83. The topological polar surface area (TPSA) is 41.6 Å². The maximum Gasteiger partial charge on any atom is 0.414 e. The molecule has 1 aliphatic rings. The molecule has 0 aliphatic carbocycles. The summed E-state index contributed by atoms with van der Waals surface area (Å²) in [6.07, 6.45) is 2.18. The van der Waals surface area contributed by atoms with E-state index < -0.39 is 0 Å². The number of anilines is 2. The molecule has 19 heavy (non-hydrogen) atoms. The van der Waals surface area contributed by atoms with Gasteiger partial charge in [-0.05, 0) is 30.5 Å². The fourth-order valence-electron chi connectivity index (χ4n) is 2.30. The molecule has 0 saturated carbocycles. The molecule has 0 radical (unpaired) electrons. The molecular formula is C15H22N2O2. The summed E-state index contributed by atoms with van der Waals surface area (Å²) in [6, 6.07) is 7.94. The zero-order chi connectivity index (χ0) is 13.7. The first-order valence-corrected chi connectivity index (χ1v) is 6.99. The van der Waals surface area contributed by atoms with Gasteiger partial charge in [-0.2, -0.15) is 0 Å². The molecule has 104 valence electrons. The van der Waals surface area contributed by atoms with Gasteiger partial charge in [0.1, 0.15) is 6.61 Å². The van der Waals surface area contributed by atoms with Crippen LogP contribution in [0.3, 0.4) is 0 Å². The number of carbonyl (C=O) groups excluding carboxylic acids is 1. The molecule has 1 aliphatic heterocycles. The van der Waals surface area contributed by atoms with Gasteiger partial charge in [0.25, 0.3) is 0 Å². The lowest BCUT2D eigenvalue weighted by molar-refractivity contribution is 0.181. The van der Waals surface area contributed by atoms with E-state index in [9.17, 15) is 4.79 Å². The van der Waals surface area contributed by atoms with Crippen LogP contribution in [0.15, 0.2) is 24.3 Å². The smallest absolute Gasteiger partial charge is 0.414 e. The highest BCUT2D eigenvalue weighted by atomic mass is 16.6. The fourth-order valence-corrected chi connectivity index (χ4v) is 2.30. The Hall–Kier alpha value is -1.71. The zero-order valence-corrected chi connectivity index (χ0v) is 11.7. The second kappa shape index (κ2) is 6.45. The van der Waals surface area contributed by atoms with E-state index in [-0.39, 0.29) is 6.09 Å². The summed E-state index contributed by atoms with van der Waals surface area (Å²) in [7, 11) is 0. The third-order valence-electron chi connectivity index (χ3n) is 3.35. The first kappa shape index (κ1) is 13.7. The Balaban J connectivity index is 1.97. The van der Waals surface area contributed by atoms with E-state index in [1.165, 1.54) is 12.8 Å². The van der Waals surface area contributed by atoms with Crippen molar-refractivity contribution in [2.24, 2.45) is 5.92 Å². The minimum Gasteiger partial charge on any atom is -0.447 e. The number of carbonyl (C=O) groups is 1. The van der Waals surface area contributed by atoms with Crippen LogP contribution in [-0.4, -0.2) is 25.8 Å².